The molecule has 2 saturated heterocycles. The molecule has 0 spiro atoms. The molecule has 2 aliphatic heterocycles. The first kappa shape index (κ1) is 65.8. The van der Waals surface area contributed by atoms with E-state index in [0.29, 0.717) is 13.0 Å². The second-order valence-corrected chi connectivity index (χ2v) is 20.8. The third kappa shape index (κ3) is 32.0. The number of unbranched alkanes of at least 4 members (excludes halogenated alkanes) is 32. The van der Waals surface area contributed by atoms with Crippen molar-refractivity contribution < 1.29 is 69.0 Å². The number of aliphatic hydroxyl groups is 7. The molecule has 0 aliphatic carbocycles. The maximum Gasteiger partial charge on any atom is 0.306 e. The molecule has 14 nitrogen and oxygen atoms in total. The fraction of sp³-hybridized carbons (Fsp3) is 0.947. The highest BCUT2D eigenvalue weighted by atomic mass is 16.7. The number of allylic oxidation sites excluding steroid dienone is 2. The van der Waals surface area contributed by atoms with Gasteiger partial charge in [-0.3, -0.25) is 4.79 Å². The molecular weight excluding hydrogens is 909 g/mol. The van der Waals surface area contributed by atoms with Gasteiger partial charge in [-0.25, -0.2) is 0 Å². The smallest absolute Gasteiger partial charge is 0.306 e. The van der Waals surface area contributed by atoms with E-state index in [4.69, 9.17) is 28.4 Å². The number of carbonyl (C=O) groups is 1. The van der Waals surface area contributed by atoms with Gasteiger partial charge in [0.25, 0.3) is 0 Å². The van der Waals surface area contributed by atoms with Gasteiger partial charge in [0.1, 0.15) is 54.9 Å². The molecule has 0 radical (unpaired) electrons. The predicted molar refractivity (Wildman–Crippen MR) is 280 cm³/mol. The van der Waals surface area contributed by atoms with Gasteiger partial charge in [0, 0.05) is 13.0 Å². The quantitative estimate of drug-likeness (QED) is 0.0172. The van der Waals surface area contributed by atoms with Crippen LogP contribution in [0.3, 0.4) is 0 Å². The van der Waals surface area contributed by atoms with Crippen LogP contribution in [0.15, 0.2) is 12.2 Å². The van der Waals surface area contributed by atoms with Gasteiger partial charge in [0.15, 0.2) is 12.6 Å². The van der Waals surface area contributed by atoms with Crippen molar-refractivity contribution in [1.29, 1.82) is 0 Å². The fourth-order valence-corrected chi connectivity index (χ4v) is 9.52. The van der Waals surface area contributed by atoms with Gasteiger partial charge in [-0.1, -0.05) is 212 Å². The highest BCUT2D eigenvalue weighted by Gasteiger charge is 2.47. The van der Waals surface area contributed by atoms with Gasteiger partial charge in [-0.05, 0) is 38.5 Å². The predicted octanol–water partition coefficient (Wildman–Crippen LogP) is 10.2. The Morgan fingerprint density at radius 3 is 1.28 bits per heavy atom. The number of rotatable bonds is 48. The van der Waals surface area contributed by atoms with E-state index in [2.05, 4.69) is 26.0 Å². The van der Waals surface area contributed by atoms with Crippen molar-refractivity contribution in [3.8, 4) is 0 Å². The Labute approximate surface area is 431 Å². The molecule has 2 fully saturated rings. The number of carbonyl (C=O) groups excluding carboxylic acids is 1. The number of esters is 1. The molecule has 2 aliphatic rings. The topological polar surface area (TPSA) is 214 Å². The number of aliphatic hydroxyl groups excluding tert-OH is 7. The van der Waals surface area contributed by atoms with Gasteiger partial charge in [0.05, 0.1) is 26.4 Å². The van der Waals surface area contributed by atoms with Crippen molar-refractivity contribution in [1.82, 2.24) is 0 Å². The molecule has 7 N–H and O–H groups in total. The van der Waals surface area contributed by atoms with Gasteiger partial charge in [-0.15, -0.1) is 0 Å². The molecule has 2 heterocycles. The van der Waals surface area contributed by atoms with Crippen LogP contribution in [0, 0.1) is 0 Å². The van der Waals surface area contributed by atoms with Crippen molar-refractivity contribution >= 4 is 5.97 Å². The summed E-state index contributed by atoms with van der Waals surface area (Å²) in [6, 6.07) is 0. The lowest BCUT2D eigenvalue weighted by Crippen LogP contribution is -2.61. The summed E-state index contributed by atoms with van der Waals surface area (Å²) in [5, 5.41) is 72.3. The second-order valence-electron chi connectivity index (χ2n) is 20.8. The van der Waals surface area contributed by atoms with Gasteiger partial charge < -0.3 is 64.2 Å². The Balaban J connectivity index is 1.71. The molecule has 0 amide bonds. The average molecular weight is 1020 g/mol. The maximum atomic E-state index is 13.1. The maximum absolute atomic E-state index is 13.1. The number of hydrogen-bond acceptors (Lipinski definition) is 14. The highest BCUT2D eigenvalue weighted by molar-refractivity contribution is 5.69. The Morgan fingerprint density at radius 2 is 0.831 bits per heavy atom. The number of hydrogen-bond donors (Lipinski definition) is 7. The zero-order valence-electron chi connectivity index (χ0n) is 45.0. The first-order chi connectivity index (χ1) is 34.6. The van der Waals surface area contributed by atoms with Gasteiger partial charge >= 0.3 is 5.97 Å². The highest BCUT2D eigenvalue weighted by Crippen LogP contribution is 2.27. The van der Waals surface area contributed by atoms with Crippen LogP contribution in [0.5, 0.6) is 0 Å². The zero-order valence-corrected chi connectivity index (χ0v) is 45.0. The number of ether oxygens (including phenoxy) is 6. The Morgan fingerprint density at radius 1 is 0.451 bits per heavy atom. The second kappa shape index (κ2) is 45.0. The molecule has 2 rings (SSSR count). The van der Waals surface area contributed by atoms with E-state index in [1.54, 1.807) is 0 Å². The minimum Gasteiger partial charge on any atom is -0.457 e. The molecule has 0 aromatic carbocycles. The first-order valence-electron chi connectivity index (χ1n) is 29.3. The van der Waals surface area contributed by atoms with Crippen LogP contribution < -0.4 is 0 Å². The van der Waals surface area contributed by atoms with Crippen LogP contribution in [0.2, 0.25) is 0 Å². The normalized spacial score (nSPS) is 25.3. The van der Waals surface area contributed by atoms with E-state index in [1.165, 1.54) is 180 Å². The van der Waals surface area contributed by atoms with E-state index < -0.39 is 80.7 Å². The molecule has 0 aromatic rings. The summed E-state index contributed by atoms with van der Waals surface area (Å²) in [4.78, 5) is 13.1. The summed E-state index contributed by atoms with van der Waals surface area (Å²) >= 11 is 0. The summed E-state index contributed by atoms with van der Waals surface area (Å²) in [5.41, 5.74) is 0. The lowest BCUT2D eigenvalue weighted by atomic mass is 9.98. The van der Waals surface area contributed by atoms with Crippen LogP contribution in [0.25, 0.3) is 0 Å². The van der Waals surface area contributed by atoms with Gasteiger partial charge in [-0.2, -0.15) is 0 Å². The standard InChI is InChI=1S/C57H108O14/c1-3-5-7-9-11-13-15-17-19-21-22-23-24-25-26-28-30-32-34-36-38-40-49(59)69-46(43-66-41-39-37-35-33-31-29-27-20-18-16-14-12-10-8-6-4-2)44-67-56-55(65)53(63)51(61)48(71-56)45-68-57-54(64)52(62)50(60)47(42-58)70-57/h21-22,46-48,50-58,60-65H,3-20,23-45H2,1-2H3/b22-21-. The average Bonchev–Trinajstić information content (AvgIpc) is 3.37. The minimum atomic E-state index is -1.70. The lowest BCUT2D eigenvalue weighted by molar-refractivity contribution is -0.332. The molecule has 71 heavy (non-hydrogen) atoms. The summed E-state index contributed by atoms with van der Waals surface area (Å²) in [6.45, 7) is 3.74. The van der Waals surface area contributed by atoms with Crippen molar-refractivity contribution in [3.05, 3.63) is 12.2 Å². The van der Waals surface area contributed by atoms with Crippen molar-refractivity contribution in [2.24, 2.45) is 0 Å². The van der Waals surface area contributed by atoms with Crippen LogP contribution in [0.1, 0.15) is 245 Å². The molecule has 11 atom stereocenters. The van der Waals surface area contributed by atoms with Crippen LogP contribution in [-0.2, 0) is 33.2 Å². The fourth-order valence-electron chi connectivity index (χ4n) is 9.52. The SMILES string of the molecule is CCCCCCCCCC/C=C\CCCCCCCCCCCC(=O)OC(COCCCCCCCCCCCCCCCCCC)COC1OC(COC2OC(CO)C(O)C(O)C2O)C(O)C(O)C1O. The molecule has 0 bridgehead atoms. The third-order valence-corrected chi connectivity index (χ3v) is 14.3. The monoisotopic (exact) mass is 1020 g/mol. The molecule has 0 aromatic heterocycles. The lowest BCUT2D eigenvalue weighted by Gasteiger charge is -2.42. The van der Waals surface area contributed by atoms with E-state index in [-0.39, 0.29) is 25.6 Å². The van der Waals surface area contributed by atoms with E-state index >= 15 is 0 Å². The van der Waals surface area contributed by atoms with Crippen molar-refractivity contribution in [2.45, 2.75) is 313 Å². The van der Waals surface area contributed by atoms with Crippen molar-refractivity contribution in [3.63, 3.8) is 0 Å². The van der Waals surface area contributed by atoms with Crippen molar-refractivity contribution in [2.75, 3.05) is 33.0 Å². The molecule has 420 valence electrons. The van der Waals surface area contributed by atoms with E-state index in [0.717, 1.165) is 38.5 Å². The largest absolute Gasteiger partial charge is 0.457 e. The van der Waals surface area contributed by atoms with E-state index in [9.17, 15) is 40.5 Å². The summed E-state index contributed by atoms with van der Waals surface area (Å²) in [6.07, 6.45) is 32.7. The van der Waals surface area contributed by atoms with Crippen LogP contribution >= 0.6 is 0 Å². The summed E-state index contributed by atoms with van der Waals surface area (Å²) < 4.78 is 34.4. The Kier molecular flexibility index (Phi) is 41.7. The van der Waals surface area contributed by atoms with Crippen LogP contribution in [0.4, 0.5) is 0 Å². The van der Waals surface area contributed by atoms with Crippen LogP contribution in [-0.4, -0.2) is 142 Å². The Bertz CT molecular complexity index is 1230. The molecule has 0 saturated carbocycles. The summed E-state index contributed by atoms with van der Waals surface area (Å²) in [5.74, 6) is -0.372. The molecular formula is C57H108O14. The van der Waals surface area contributed by atoms with Gasteiger partial charge in [0.2, 0.25) is 0 Å². The third-order valence-electron chi connectivity index (χ3n) is 14.3. The Hall–Kier alpha value is -1.27. The minimum absolute atomic E-state index is 0.0672. The first-order valence-corrected chi connectivity index (χ1v) is 29.3. The molecule has 11 unspecified atom stereocenters. The summed E-state index contributed by atoms with van der Waals surface area (Å²) in [7, 11) is 0. The van der Waals surface area contributed by atoms with E-state index in [1.807, 2.05) is 0 Å². The molecule has 14 heteroatoms. The zero-order chi connectivity index (χ0) is 51.6.